The molecule has 0 aromatic carbocycles. The Morgan fingerprint density at radius 1 is 1.36 bits per heavy atom. The van der Waals surface area contributed by atoms with E-state index in [1.165, 1.54) is 19.4 Å². The average Bonchev–Trinajstić information content (AvgIpc) is 3.32. The number of likely N-dealkylation sites (tertiary alicyclic amines) is 1. The molecule has 6 heteroatoms. The molecule has 1 fully saturated rings. The number of guanidine groups is 1. The number of hydrogen-bond donors (Lipinski definition) is 2. The lowest BCUT2D eigenvalue weighted by atomic mass is 10.2. The zero-order valence-corrected chi connectivity index (χ0v) is 16.3. The van der Waals surface area contributed by atoms with Crippen LogP contribution in [0.3, 0.4) is 0 Å². The quantitative estimate of drug-likeness (QED) is 0.529. The van der Waals surface area contributed by atoms with Gasteiger partial charge in [-0.25, -0.2) is 0 Å². The van der Waals surface area contributed by atoms with E-state index < -0.39 is 0 Å². The normalized spacial score (nSPS) is 20.2. The molecule has 2 heterocycles. The second-order valence-corrected chi connectivity index (χ2v) is 6.51. The van der Waals surface area contributed by atoms with Gasteiger partial charge in [0.05, 0.1) is 12.3 Å². The Hall–Kier alpha value is -1.53. The highest BCUT2D eigenvalue weighted by molar-refractivity contribution is 5.79. The minimum atomic E-state index is 0.210. The van der Waals surface area contributed by atoms with Crippen LogP contribution in [0.15, 0.2) is 27.8 Å². The molecular formula is C19H35N5O. The largest absolute Gasteiger partial charge is 0.468 e. The van der Waals surface area contributed by atoms with Gasteiger partial charge in [-0.05, 0) is 51.2 Å². The van der Waals surface area contributed by atoms with Crippen molar-refractivity contribution >= 4 is 5.96 Å². The standard InChI is InChI=1S/C19H35N5O/c1-5-23(6-2)17(18-11-9-13-25-18)15-22-19(20-4)21-14-16-10-8-12-24(16)7-3/h9,11,13,16-17H,5-8,10,12,14-15H2,1-4H3,(H2,20,21,22). The van der Waals surface area contributed by atoms with E-state index in [2.05, 4.69) is 52.3 Å². The molecule has 2 atom stereocenters. The molecule has 0 aliphatic carbocycles. The van der Waals surface area contributed by atoms with Gasteiger partial charge in [0.2, 0.25) is 0 Å². The smallest absolute Gasteiger partial charge is 0.191 e. The lowest BCUT2D eigenvalue weighted by Gasteiger charge is -2.29. The topological polar surface area (TPSA) is 56.0 Å². The minimum absolute atomic E-state index is 0.210. The van der Waals surface area contributed by atoms with Crippen LogP contribution in [0.5, 0.6) is 0 Å². The zero-order valence-electron chi connectivity index (χ0n) is 16.3. The van der Waals surface area contributed by atoms with Gasteiger partial charge >= 0.3 is 0 Å². The summed E-state index contributed by atoms with van der Waals surface area (Å²) in [6, 6.07) is 4.84. The molecule has 1 aliphatic heterocycles. The summed E-state index contributed by atoms with van der Waals surface area (Å²) in [6.07, 6.45) is 4.32. The molecule has 1 saturated heterocycles. The number of hydrogen-bond acceptors (Lipinski definition) is 4. The van der Waals surface area contributed by atoms with Crippen LogP contribution in [-0.4, -0.2) is 68.1 Å². The SMILES string of the molecule is CCN1CCCC1CNC(=NC)NCC(c1ccco1)N(CC)CC. The third kappa shape index (κ3) is 5.47. The summed E-state index contributed by atoms with van der Waals surface area (Å²) in [5.41, 5.74) is 0. The monoisotopic (exact) mass is 349 g/mol. The molecular weight excluding hydrogens is 314 g/mol. The Kier molecular flexibility index (Phi) is 8.28. The first-order valence-electron chi connectivity index (χ1n) is 9.69. The Labute approximate surface area is 152 Å². The summed E-state index contributed by atoms with van der Waals surface area (Å²) >= 11 is 0. The van der Waals surface area contributed by atoms with Crippen LogP contribution in [0.2, 0.25) is 0 Å². The molecule has 25 heavy (non-hydrogen) atoms. The number of furan rings is 1. The van der Waals surface area contributed by atoms with Crippen molar-refractivity contribution in [2.24, 2.45) is 4.99 Å². The maximum absolute atomic E-state index is 5.67. The van der Waals surface area contributed by atoms with E-state index in [9.17, 15) is 0 Å². The molecule has 1 aromatic rings. The van der Waals surface area contributed by atoms with Crippen molar-refractivity contribution in [3.63, 3.8) is 0 Å². The van der Waals surface area contributed by atoms with Crippen LogP contribution >= 0.6 is 0 Å². The summed E-state index contributed by atoms with van der Waals surface area (Å²) in [4.78, 5) is 9.33. The molecule has 2 rings (SSSR count). The van der Waals surface area contributed by atoms with E-state index in [1.807, 2.05) is 13.1 Å². The number of nitrogens with one attached hydrogen (secondary N) is 2. The van der Waals surface area contributed by atoms with E-state index in [0.29, 0.717) is 6.04 Å². The lowest BCUT2D eigenvalue weighted by molar-refractivity contribution is 0.193. The van der Waals surface area contributed by atoms with Gasteiger partial charge in [0.25, 0.3) is 0 Å². The molecule has 0 spiro atoms. The maximum atomic E-state index is 5.67. The number of nitrogens with zero attached hydrogens (tertiary/aromatic N) is 3. The zero-order chi connectivity index (χ0) is 18.1. The van der Waals surface area contributed by atoms with Gasteiger partial charge in [-0.1, -0.05) is 20.8 Å². The highest BCUT2D eigenvalue weighted by Crippen LogP contribution is 2.20. The summed E-state index contributed by atoms with van der Waals surface area (Å²) in [5.74, 6) is 1.87. The summed E-state index contributed by atoms with van der Waals surface area (Å²) in [7, 11) is 1.83. The molecule has 0 saturated carbocycles. The first-order valence-corrected chi connectivity index (χ1v) is 9.69. The summed E-state index contributed by atoms with van der Waals surface area (Å²) < 4.78 is 5.67. The van der Waals surface area contributed by atoms with E-state index >= 15 is 0 Å². The predicted molar refractivity (Wildman–Crippen MR) is 104 cm³/mol. The van der Waals surface area contributed by atoms with E-state index in [4.69, 9.17) is 4.42 Å². The van der Waals surface area contributed by atoms with Gasteiger partial charge < -0.3 is 15.1 Å². The van der Waals surface area contributed by atoms with E-state index in [-0.39, 0.29) is 6.04 Å². The van der Waals surface area contributed by atoms with Crippen molar-refractivity contribution in [1.29, 1.82) is 0 Å². The van der Waals surface area contributed by atoms with Crippen LogP contribution < -0.4 is 10.6 Å². The first kappa shape index (κ1) is 19.8. The molecule has 1 aromatic heterocycles. The third-order valence-electron chi connectivity index (χ3n) is 5.22. The minimum Gasteiger partial charge on any atom is -0.468 e. The van der Waals surface area contributed by atoms with Crippen molar-refractivity contribution in [2.75, 3.05) is 46.3 Å². The molecule has 0 amide bonds. The molecule has 142 valence electrons. The third-order valence-corrected chi connectivity index (χ3v) is 5.22. The van der Waals surface area contributed by atoms with Crippen LogP contribution in [0.25, 0.3) is 0 Å². The second kappa shape index (κ2) is 10.5. The highest BCUT2D eigenvalue weighted by atomic mass is 16.3. The Bertz CT molecular complexity index is 498. The van der Waals surface area contributed by atoms with E-state index in [1.54, 1.807) is 6.26 Å². The number of rotatable bonds is 9. The fourth-order valence-corrected chi connectivity index (χ4v) is 3.73. The molecule has 1 aliphatic rings. The van der Waals surface area contributed by atoms with Crippen LogP contribution in [0.1, 0.15) is 45.4 Å². The van der Waals surface area contributed by atoms with Crippen LogP contribution in [0, 0.1) is 0 Å². The van der Waals surface area contributed by atoms with Crippen molar-refractivity contribution in [2.45, 2.75) is 45.7 Å². The Morgan fingerprint density at radius 2 is 2.16 bits per heavy atom. The van der Waals surface area contributed by atoms with Crippen LogP contribution in [-0.2, 0) is 0 Å². The lowest BCUT2D eigenvalue weighted by Crippen LogP contribution is -2.47. The van der Waals surface area contributed by atoms with Crippen molar-refractivity contribution in [3.05, 3.63) is 24.2 Å². The Morgan fingerprint density at radius 3 is 2.76 bits per heavy atom. The number of likely N-dealkylation sites (N-methyl/N-ethyl adjacent to an activating group) is 2. The van der Waals surface area contributed by atoms with Gasteiger partial charge in [-0.3, -0.25) is 14.8 Å². The van der Waals surface area contributed by atoms with Crippen molar-refractivity contribution < 1.29 is 4.42 Å². The van der Waals surface area contributed by atoms with E-state index in [0.717, 1.165) is 44.4 Å². The van der Waals surface area contributed by atoms with Gasteiger partial charge in [0, 0.05) is 26.2 Å². The second-order valence-electron chi connectivity index (χ2n) is 6.51. The fourth-order valence-electron chi connectivity index (χ4n) is 3.73. The molecule has 0 radical (unpaired) electrons. The summed E-state index contributed by atoms with van der Waals surface area (Å²) in [5, 5.41) is 6.98. The van der Waals surface area contributed by atoms with Gasteiger partial charge in [0.15, 0.2) is 5.96 Å². The molecule has 6 nitrogen and oxygen atoms in total. The van der Waals surface area contributed by atoms with Gasteiger partial charge in [-0.15, -0.1) is 0 Å². The molecule has 2 unspecified atom stereocenters. The number of aliphatic imine (C=N–C) groups is 1. The fraction of sp³-hybridized carbons (Fsp3) is 0.737. The Balaban J connectivity index is 1.89. The predicted octanol–water partition coefficient (Wildman–Crippen LogP) is 2.31. The van der Waals surface area contributed by atoms with Crippen molar-refractivity contribution in [3.8, 4) is 0 Å². The summed E-state index contributed by atoms with van der Waals surface area (Å²) in [6.45, 7) is 12.7. The van der Waals surface area contributed by atoms with Gasteiger partial charge in [0.1, 0.15) is 5.76 Å². The molecule has 2 N–H and O–H groups in total. The van der Waals surface area contributed by atoms with Crippen molar-refractivity contribution in [1.82, 2.24) is 20.4 Å². The average molecular weight is 350 g/mol. The molecule has 0 bridgehead atoms. The van der Waals surface area contributed by atoms with Crippen LogP contribution in [0.4, 0.5) is 0 Å². The first-order chi connectivity index (χ1) is 12.2. The van der Waals surface area contributed by atoms with Gasteiger partial charge in [-0.2, -0.15) is 0 Å². The highest BCUT2D eigenvalue weighted by Gasteiger charge is 2.24. The maximum Gasteiger partial charge on any atom is 0.191 e.